The summed E-state index contributed by atoms with van der Waals surface area (Å²) in [6.07, 6.45) is 2.45. The van der Waals surface area contributed by atoms with Crippen molar-refractivity contribution in [3.05, 3.63) is 81.4 Å². The third kappa shape index (κ3) is 5.70. The molecular formula is C24H28ClN3O4S. The van der Waals surface area contributed by atoms with Gasteiger partial charge >= 0.3 is 0 Å². The fourth-order valence-electron chi connectivity index (χ4n) is 4.31. The molecule has 0 saturated heterocycles. The van der Waals surface area contributed by atoms with E-state index in [9.17, 15) is 18.5 Å². The highest BCUT2D eigenvalue weighted by Crippen LogP contribution is 2.26. The molecule has 0 saturated carbocycles. The van der Waals surface area contributed by atoms with E-state index in [1.807, 2.05) is 43.3 Å². The number of nitrogens with zero attached hydrogens (tertiary/aromatic N) is 2. The lowest BCUT2D eigenvalue weighted by atomic mass is 9.99. The first kappa shape index (κ1) is 25.1. The van der Waals surface area contributed by atoms with Gasteiger partial charge in [0.25, 0.3) is 5.69 Å². The van der Waals surface area contributed by atoms with Gasteiger partial charge in [-0.05, 0) is 60.9 Å². The Morgan fingerprint density at radius 3 is 2.55 bits per heavy atom. The van der Waals surface area contributed by atoms with E-state index >= 15 is 0 Å². The molecule has 3 aromatic carbocycles. The lowest BCUT2D eigenvalue weighted by molar-refractivity contribution is -0.385. The van der Waals surface area contributed by atoms with Crippen molar-refractivity contribution in [3.63, 3.8) is 0 Å². The maximum absolute atomic E-state index is 12.9. The van der Waals surface area contributed by atoms with Gasteiger partial charge in [0.15, 0.2) is 0 Å². The SMILES string of the molecule is Cc1ccc(S(=O)(=O)NCCCCN2CCc3ccc([N+](=O)[O-])cc3C2)c2ccccc12.Cl. The largest absolute Gasteiger partial charge is 0.299 e. The Balaban J connectivity index is 0.00000306. The van der Waals surface area contributed by atoms with Gasteiger partial charge in [-0.25, -0.2) is 13.1 Å². The molecule has 0 aliphatic carbocycles. The van der Waals surface area contributed by atoms with E-state index in [4.69, 9.17) is 0 Å². The van der Waals surface area contributed by atoms with Crippen LogP contribution in [0.3, 0.4) is 0 Å². The molecule has 0 aromatic heterocycles. The van der Waals surface area contributed by atoms with Gasteiger partial charge in [0.05, 0.1) is 9.82 Å². The molecule has 4 rings (SSSR count). The third-order valence-corrected chi connectivity index (χ3v) is 7.60. The molecule has 9 heteroatoms. The lowest BCUT2D eigenvalue weighted by Gasteiger charge is -2.28. The molecule has 7 nitrogen and oxygen atoms in total. The highest BCUT2D eigenvalue weighted by molar-refractivity contribution is 7.89. The topological polar surface area (TPSA) is 92.6 Å². The smallest absolute Gasteiger partial charge is 0.269 e. The Morgan fingerprint density at radius 1 is 1.03 bits per heavy atom. The summed E-state index contributed by atoms with van der Waals surface area (Å²) in [5.41, 5.74) is 3.36. The summed E-state index contributed by atoms with van der Waals surface area (Å²) in [5, 5.41) is 12.7. The van der Waals surface area contributed by atoms with Gasteiger partial charge in [-0.1, -0.05) is 36.4 Å². The van der Waals surface area contributed by atoms with E-state index in [1.54, 1.807) is 18.2 Å². The van der Waals surface area contributed by atoms with Crippen LogP contribution in [-0.4, -0.2) is 37.9 Å². The second-order valence-electron chi connectivity index (χ2n) is 8.27. The summed E-state index contributed by atoms with van der Waals surface area (Å²) in [7, 11) is -3.59. The van der Waals surface area contributed by atoms with Gasteiger partial charge in [0, 0.05) is 37.2 Å². The van der Waals surface area contributed by atoms with Crippen molar-refractivity contribution >= 4 is 38.9 Å². The summed E-state index contributed by atoms with van der Waals surface area (Å²) in [6, 6.07) is 16.2. The van der Waals surface area contributed by atoms with Crippen molar-refractivity contribution < 1.29 is 13.3 Å². The molecule has 0 bridgehead atoms. The normalized spacial score (nSPS) is 14.0. The van der Waals surface area contributed by atoms with Crippen LogP contribution in [0.5, 0.6) is 0 Å². The van der Waals surface area contributed by atoms with Crippen LogP contribution in [0.4, 0.5) is 5.69 Å². The Kier molecular flexibility index (Phi) is 8.07. The number of nitro benzene ring substituents is 1. The molecule has 0 amide bonds. The van der Waals surface area contributed by atoms with E-state index in [2.05, 4.69) is 9.62 Å². The summed E-state index contributed by atoms with van der Waals surface area (Å²) in [4.78, 5) is 13.2. The molecule has 0 fully saturated rings. The molecule has 176 valence electrons. The fourth-order valence-corrected chi connectivity index (χ4v) is 5.59. The number of rotatable bonds is 8. The monoisotopic (exact) mass is 489 g/mol. The van der Waals surface area contributed by atoms with Gasteiger partial charge in [-0.15, -0.1) is 12.4 Å². The fraction of sp³-hybridized carbons (Fsp3) is 0.333. The highest BCUT2D eigenvalue weighted by atomic mass is 35.5. The van der Waals surface area contributed by atoms with E-state index in [0.29, 0.717) is 18.0 Å². The zero-order valence-corrected chi connectivity index (χ0v) is 20.1. The first-order valence-corrected chi connectivity index (χ1v) is 12.3. The van der Waals surface area contributed by atoms with Gasteiger partial charge in [-0.3, -0.25) is 15.0 Å². The zero-order valence-electron chi connectivity index (χ0n) is 18.5. The Morgan fingerprint density at radius 2 is 1.79 bits per heavy atom. The number of sulfonamides is 1. The number of unbranched alkanes of at least 4 members (excludes halogenated alkanes) is 1. The molecule has 0 spiro atoms. The van der Waals surface area contributed by atoms with E-state index in [0.717, 1.165) is 54.3 Å². The summed E-state index contributed by atoms with van der Waals surface area (Å²) >= 11 is 0. The first-order valence-electron chi connectivity index (χ1n) is 10.8. The Labute approximate surface area is 200 Å². The summed E-state index contributed by atoms with van der Waals surface area (Å²) in [5.74, 6) is 0. The number of nitrogens with one attached hydrogen (secondary N) is 1. The van der Waals surface area contributed by atoms with Crippen molar-refractivity contribution in [2.24, 2.45) is 0 Å². The number of benzene rings is 3. The lowest BCUT2D eigenvalue weighted by Crippen LogP contribution is -2.32. The maximum Gasteiger partial charge on any atom is 0.269 e. The number of hydrogen-bond donors (Lipinski definition) is 1. The van der Waals surface area contributed by atoms with Crippen molar-refractivity contribution in [1.29, 1.82) is 0 Å². The van der Waals surface area contributed by atoms with Gasteiger partial charge in [0.1, 0.15) is 0 Å². The Hall–Kier alpha value is -2.52. The van der Waals surface area contributed by atoms with Crippen LogP contribution in [-0.2, 0) is 23.0 Å². The minimum Gasteiger partial charge on any atom is -0.299 e. The Bertz CT molecular complexity index is 1260. The molecule has 1 heterocycles. The minimum absolute atomic E-state index is 0. The van der Waals surface area contributed by atoms with Gasteiger partial charge in [0.2, 0.25) is 10.0 Å². The highest BCUT2D eigenvalue weighted by Gasteiger charge is 2.20. The van der Waals surface area contributed by atoms with E-state index < -0.39 is 10.0 Å². The first-order chi connectivity index (χ1) is 15.3. The third-order valence-electron chi connectivity index (χ3n) is 6.08. The number of halogens is 1. The number of aryl methyl sites for hydroxylation is 1. The maximum atomic E-state index is 12.9. The van der Waals surface area contributed by atoms with Gasteiger partial charge < -0.3 is 0 Å². The van der Waals surface area contributed by atoms with Crippen LogP contribution in [0.1, 0.15) is 29.5 Å². The number of fused-ring (bicyclic) bond motifs is 2. The molecule has 0 atom stereocenters. The average Bonchev–Trinajstić information content (AvgIpc) is 2.78. The minimum atomic E-state index is -3.59. The van der Waals surface area contributed by atoms with Crippen LogP contribution in [0.15, 0.2) is 59.5 Å². The predicted molar refractivity (Wildman–Crippen MR) is 132 cm³/mol. The van der Waals surface area contributed by atoms with Crippen molar-refractivity contribution in [3.8, 4) is 0 Å². The second-order valence-corrected chi connectivity index (χ2v) is 10.0. The molecule has 1 aliphatic rings. The molecule has 33 heavy (non-hydrogen) atoms. The molecular weight excluding hydrogens is 462 g/mol. The van der Waals surface area contributed by atoms with E-state index in [1.165, 1.54) is 5.56 Å². The summed E-state index contributed by atoms with van der Waals surface area (Å²) < 4.78 is 28.5. The quantitative estimate of drug-likeness (QED) is 0.283. The number of non-ortho nitro benzene ring substituents is 1. The van der Waals surface area contributed by atoms with Crippen LogP contribution < -0.4 is 4.72 Å². The molecule has 1 aliphatic heterocycles. The van der Waals surface area contributed by atoms with Crippen molar-refractivity contribution in [1.82, 2.24) is 9.62 Å². The number of hydrogen-bond acceptors (Lipinski definition) is 5. The standard InChI is InChI=1S/C24H27N3O4S.ClH/c1-18-8-11-24(23-7-3-2-6-22(18)23)32(30,31)25-13-4-5-14-26-15-12-19-9-10-21(27(28)29)16-20(19)17-26;/h2-3,6-11,16,25H,4-5,12-15,17H2,1H3;1H. The average molecular weight is 490 g/mol. The van der Waals surface area contributed by atoms with Crippen LogP contribution in [0.2, 0.25) is 0 Å². The van der Waals surface area contributed by atoms with Gasteiger partial charge in [-0.2, -0.15) is 0 Å². The molecule has 0 unspecified atom stereocenters. The number of nitro groups is 1. The van der Waals surface area contributed by atoms with Crippen LogP contribution in [0, 0.1) is 17.0 Å². The zero-order chi connectivity index (χ0) is 22.7. The van der Waals surface area contributed by atoms with Crippen molar-refractivity contribution in [2.75, 3.05) is 19.6 Å². The van der Waals surface area contributed by atoms with Crippen molar-refractivity contribution in [2.45, 2.75) is 37.6 Å². The second kappa shape index (κ2) is 10.6. The van der Waals surface area contributed by atoms with Crippen LogP contribution >= 0.6 is 12.4 Å². The summed E-state index contributed by atoms with van der Waals surface area (Å²) in [6.45, 7) is 4.78. The predicted octanol–water partition coefficient (Wildman–Crippen LogP) is 4.60. The van der Waals surface area contributed by atoms with E-state index in [-0.39, 0.29) is 23.0 Å². The molecule has 0 radical (unpaired) electrons. The molecule has 1 N–H and O–H groups in total. The molecule has 3 aromatic rings. The van der Waals surface area contributed by atoms with Crippen LogP contribution in [0.25, 0.3) is 10.8 Å².